The molecule has 0 aliphatic carbocycles. The number of rotatable bonds is 4. The molecule has 1 heterocycles. The molecule has 1 atom stereocenters. The van der Waals surface area contributed by atoms with Gasteiger partial charge in [-0.3, -0.25) is 4.79 Å². The van der Waals surface area contributed by atoms with E-state index < -0.39 is 11.6 Å². The molecule has 0 aromatic heterocycles. The zero-order valence-corrected chi connectivity index (χ0v) is 9.51. The average Bonchev–Trinajstić information content (AvgIpc) is 2.82. The van der Waals surface area contributed by atoms with E-state index in [1.165, 1.54) is 0 Å². The average molecular weight is 239 g/mol. The van der Waals surface area contributed by atoms with E-state index in [9.17, 15) is 13.6 Å². The number of ketones is 1. The van der Waals surface area contributed by atoms with E-state index in [0.29, 0.717) is 5.92 Å². The Kier molecular flexibility index (Phi) is 3.84. The van der Waals surface area contributed by atoms with Crippen LogP contribution in [0.25, 0.3) is 0 Å². The second-order valence-corrected chi connectivity index (χ2v) is 4.44. The fraction of sp³-hybridized carbons (Fsp3) is 0.462. The molecule has 2 nitrogen and oxygen atoms in total. The summed E-state index contributed by atoms with van der Waals surface area (Å²) in [5, 5.41) is 3.21. The van der Waals surface area contributed by atoms with Gasteiger partial charge in [0.1, 0.15) is 11.6 Å². The minimum Gasteiger partial charge on any atom is -0.316 e. The normalized spacial score (nSPS) is 19.5. The lowest BCUT2D eigenvalue weighted by molar-refractivity contribution is 0.0970. The molecular formula is C13H15F2NO. The Hall–Kier alpha value is -1.29. The molecule has 0 bridgehead atoms. The third-order valence-electron chi connectivity index (χ3n) is 3.17. The maximum Gasteiger partial charge on any atom is 0.165 e. The zero-order valence-electron chi connectivity index (χ0n) is 9.51. The zero-order chi connectivity index (χ0) is 12.3. The molecule has 0 spiro atoms. The van der Waals surface area contributed by atoms with Crippen molar-refractivity contribution in [1.82, 2.24) is 5.32 Å². The second kappa shape index (κ2) is 5.36. The number of benzene rings is 1. The van der Waals surface area contributed by atoms with Gasteiger partial charge in [-0.05, 0) is 50.0 Å². The van der Waals surface area contributed by atoms with Gasteiger partial charge in [-0.25, -0.2) is 8.78 Å². The monoisotopic (exact) mass is 239 g/mol. The molecule has 1 aromatic rings. The van der Waals surface area contributed by atoms with Crippen molar-refractivity contribution in [2.45, 2.75) is 19.3 Å². The maximum atomic E-state index is 13.3. The van der Waals surface area contributed by atoms with Crippen LogP contribution in [0.2, 0.25) is 0 Å². The van der Waals surface area contributed by atoms with Crippen LogP contribution in [0.1, 0.15) is 29.6 Å². The third-order valence-corrected chi connectivity index (χ3v) is 3.17. The van der Waals surface area contributed by atoms with Crippen molar-refractivity contribution in [3.63, 3.8) is 0 Å². The number of hydrogen-bond donors (Lipinski definition) is 1. The Balaban J connectivity index is 1.96. The smallest absolute Gasteiger partial charge is 0.165 e. The first kappa shape index (κ1) is 12.2. The Morgan fingerprint density at radius 2 is 2.24 bits per heavy atom. The van der Waals surface area contributed by atoms with Crippen LogP contribution in [0.15, 0.2) is 18.2 Å². The molecule has 2 rings (SSSR count). The van der Waals surface area contributed by atoms with E-state index in [-0.39, 0.29) is 17.8 Å². The van der Waals surface area contributed by atoms with Gasteiger partial charge >= 0.3 is 0 Å². The number of carbonyl (C=O) groups is 1. The number of halogens is 2. The predicted molar refractivity (Wildman–Crippen MR) is 60.9 cm³/mol. The van der Waals surface area contributed by atoms with E-state index in [1.807, 2.05) is 0 Å². The van der Waals surface area contributed by atoms with E-state index in [0.717, 1.165) is 44.1 Å². The molecule has 1 fully saturated rings. The molecule has 0 saturated carbocycles. The number of nitrogens with one attached hydrogen (secondary N) is 1. The second-order valence-electron chi connectivity index (χ2n) is 4.44. The van der Waals surface area contributed by atoms with Gasteiger partial charge in [0.2, 0.25) is 0 Å². The summed E-state index contributed by atoms with van der Waals surface area (Å²) in [6.45, 7) is 1.89. The number of Topliss-reactive ketones (excluding diaryl/α,β-unsaturated/α-hetero) is 1. The molecule has 1 unspecified atom stereocenters. The fourth-order valence-corrected chi connectivity index (χ4v) is 2.14. The van der Waals surface area contributed by atoms with Crippen molar-refractivity contribution >= 4 is 5.78 Å². The van der Waals surface area contributed by atoms with Crippen LogP contribution in [-0.4, -0.2) is 18.9 Å². The molecule has 17 heavy (non-hydrogen) atoms. The molecule has 1 N–H and O–H groups in total. The Morgan fingerprint density at radius 1 is 1.41 bits per heavy atom. The van der Waals surface area contributed by atoms with Crippen molar-refractivity contribution in [3.05, 3.63) is 35.4 Å². The summed E-state index contributed by atoms with van der Waals surface area (Å²) in [5.41, 5.74) is -0.129. The summed E-state index contributed by atoms with van der Waals surface area (Å²) in [4.78, 5) is 11.7. The van der Waals surface area contributed by atoms with Gasteiger partial charge in [-0.1, -0.05) is 0 Å². The van der Waals surface area contributed by atoms with Crippen LogP contribution in [0.5, 0.6) is 0 Å². The summed E-state index contributed by atoms with van der Waals surface area (Å²) < 4.78 is 26.2. The molecule has 0 amide bonds. The highest BCUT2D eigenvalue weighted by molar-refractivity contribution is 5.96. The largest absolute Gasteiger partial charge is 0.316 e. The van der Waals surface area contributed by atoms with E-state index in [1.54, 1.807) is 0 Å². The fourth-order valence-electron chi connectivity index (χ4n) is 2.14. The first-order valence-corrected chi connectivity index (χ1v) is 5.86. The lowest BCUT2D eigenvalue weighted by Crippen LogP contribution is -2.11. The highest BCUT2D eigenvalue weighted by Crippen LogP contribution is 2.18. The lowest BCUT2D eigenvalue weighted by atomic mass is 9.98. The summed E-state index contributed by atoms with van der Waals surface area (Å²) in [5.74, 6) is -1.04. The van der Waals surface area contributed by atoms with Crippen LogP contribution < -0.4 is 5.32 Å². The topological polar surface area (TPSA) is 29.1 Å². The van der Waals surface area contributed by atoms with Gasteiger partial charge in [-0.15, -0.1) is 0 Å². The van der Waals surface area contributed by atoms with Crippen molar-refractivity contribution in [3.8, 4) is 0 Å². The quantitative estimate of drug-likeness (QED) is 0.818. The summed E-state index contributed by atoms with van der Waals surface area (Å²) in [6, 6.07) is 3.00. The SMILES string of the molecule is O=C(CCC1CCNC1)c1cc(F)ccc1F. The van der Waals surface area contributed by atoms with Crippen LogP contribution in [0.4, 0.5) is 8.78 Å². The molecule has 0 radical (unpaired) electrons. The molecule has 1 aromatic carbocycles. The van der Waals surface area contributed by atoms with Gasteiger partial charge in [0.15, 0.2) is 5.78 Å². The minimum absolute atomic E-state index is 0.129. The molecule has 1 saturated heterocycles. The van der Waals surface area contributed by atoms with Crippen molar-refractivity contribution < 1.29 is 13.6 Å². The van der Waals surface area contributed by atoms with Crippen LogP contribution >= 0.6 is 0 Å². The van der Waals surface area contributed by atoms with Gasteiger partial charge in [0.05, 0.1) is 5.56 Å². The molecule has 92 valence electrons. The molecule has 1 aliphatic heterocycles. The van der Waals surface area contributed by atoms with Crippen LogP contribution in [-0.2, 0) is 0 Å². The minimum atomic E-state index is -0.638. The van der Waals surface area contributed by atoms with Gasteiger partial charge in [-0.2, -0.15) is 0 Å². The van der Waals surface area contributed by atoms with Gasteiger partial charge in [0, 0.05) is 6.42 Å². The molecule has 4 heteroatoms. The Labute approximate surface area is 99.0 Å². The van der Waals surface area contributed by atoms with Crippen molar-refractivity contribution in [2.75, 3.05) is 13.1 Å². The van der Waals surface area contributed by atoms with Gasteiger partial charge in [0.25, 0.3) is 0 Å². The maximum absolute atomic E-state index is 13.3. The van der Waals surface area contributed by atoms with Crippen LogP contribution in [0.3, 0.4) is 0 Å². The summed E-state index contributed by atoms with van der Waals surface area (Å²) in [6.07, 6.45) is 2.08. The Bertz CT molecular complexity index is 414. The summed E-state index contributed by atoms with van der Waals surface area (Å²) >= 11 is 0. The van der Waals surface area contributed by atoms with E-state index >= 15 is 0 Å². The Morgan fingerprint density at radius 3 is 2.94 bits per heavy atom. The van der Waals surface area contributed by atoms with E-state index in [2.05, 4.69) is 5.32 Å². The first-order valence-electron chi connectivity index (χ1n) is 5.86. The molecule has 1 aliphatic rings. The highest BCUT2D eigenvalue weighted by Gasteiger charge is 2.18. The van der Waals surface area contributed by atoms with E-state index in [4.69, 9.17) is 0 Å². The number of hydrogen-bond acceptors (Lipinski definition) is 2. The van der Waals surface area contributed by atoms with Crippen molar-refractivity contribution in [1.29, 1.82) is 0 Å². The summed E-state index contributed by atoms with van der Waals surface area (Å²) in [7, 11) is 0. The first-order chi connectivity index (χ1) is 8.16. The van der Waals surface area contributed by atoms with Gasteiger partial charge < -0.3 is 5.32 Å². The lowest BCUT2D eigenvalue weighted by Gasteiger charge is -2.07. The predicted octanol–water partition coefficient (Wildman–Crippen LogP) is 2.54. The highest BCUT2D eigenvalue weighted by atomic mass is 19.1. The number of carbonyl (C=O) groups excluding carboxylic acids is 1. The standard InChI is InChI=1S/C13H15F2NO/c14-10-2-3-12(15)11(7-10)13(17)4-1-9-5-6-16-8-9/h2-3,7,9,16H,1,4-6,8H2. The van der Waals surface area contributed by atoms with Crippen molar-refractivity contribution in [2.24, 2.45) is 5.92 Å². The van der Waals surface area contributed by atoms with Crippen LogP contribution in [0, 0.1) is 17.6 Å². The molecular weight excluding hydrogens is 224 g/mol. The third kappa shape index (κ3) is 3.09.